The lowest BCUT2D eigenvalue weighted by atomic mass is 10.1. The lowest BCUT2D eigenvalue weighted by molar-refractivity contribution is -0.124. The van der Waals surface area contributed by atoms with Gasteiger partial charge in [-0.25, -0.2) is 9.59 Å². The van der Waals surface area contributed by atoms with Crippen LogP contribution in [0.15, 0.2) is 18.2 Å². The molecule has 1 atom stereocenters. The van der Waals surface area contributed by atoms with Gasteiger partial charge in [0.25, 0.3) is 5.91 Å². The van der Waals surface area contributed by atoms with Crippen LogP contribution in [0.25, 0.3) is 0 Å². The molecular weight excluding hydrogens is 404 g/mol. The Hall–Kier alpha value is -3.49. The number of benzene rings is 1. The molecule has 0 saturated heterocycles. The Kier molecular flexibility index (Phi) is 8.07. The third-order valence-corrected chi connectivity index (χ3v) is 4.89. The molecule has 1 aromatic carbocycles. The number of H-pyrrole nitrogens is 1. The summed E-state index contributed by atoms with van der Waals surface area (Å²) in [7, 11) is 4.36. The highest BCUT2D eigenvalue weighted by Crippen LogP contribution is 2.29. The second-order valence-corrected chi connectivity index (χ2v) is 6.80. The van der Waals surface area contributed by atoms with Crippen molar-refractivity contribution in [2.75, 3.05) is 27.9 Å². The van der Waals surface area contributed by atoms with E-state index in [1.807, 2.05) is 6.92 Å². The highest BCUT2D eigenvalue weighted by Gasteiger charge is 2.25. The van der Waals surface area contributed by atoms with Gasteiger partial charge in [-0.15, -0.1) is 0 Å². The van der Waals surface area contributed by atoms with Gasteiger partial charge < -0.3 is 29.2 Å². The predicted molar refractivity (Wildman–Crippen MR) is 113 cm³/mol. The number of ether oxygens (including phenoxy) is 4. The van der Waals surface area contributed by atoms with Crippen LogP contribution in [0.5, 0.6) is 11.5 Å². The molecule has 0 radical (unpaired) electrons. The molecule has 2 rings (SSSR count). The number of hydrogen-bond acceptors (Lipinski definition) is 7. The Labute approximate surface area is 181 Å². The van der Waals surface area contributed by atoms with E-state index in [1.54, 1.807) is 39.2 Å². The van der Waals surface area contributed by atoms with Gasteiger partial charge in [-0.2, -0.15) is 0 Å². The average Bonchev–Trinajstić information content (AvgIpc) is 3.12. The largest absolute Gasteiger partial charge is 0.497 e. The maximum atomic E-state index is 12.5. The van der Waals surface area contributed by atoms with E-state index in [1.165, 1.54) is 14.2 Å². The van der Waals surface area contributed by atoms with E-state index in [2.05, 4.69) is 10.3 Å². The molecule has 0 aliphatic heterocycles. The van der Waals surface area contributed by atoms with Gasteiger partial charge in [0.1, 0.15) is 17.2 Å². The van der Waals surface area contributed by atoms with Crippen molar-refractivity contribution >= 4 is 17.8 Å². The molecule has 0 saturated carbocycles. The number of amides is 1. The van der Waals surface area contributed by atoms with E-state index in [0.717, 1.165) is 5.56 Å². The number of rotatable bonds is 9. The summed E-state index contributed by atoms with van der Waals surface area (Å²) in [6.45, 7) is 4.76. The first kappa shape index (κ1) is 23.8. The zero-order valence-electron chi connectivity index (χ0n) is 18.6. The highest BCUT2D eigenvalue weighted by atomic mass is 16.5. The van der Waals surface area contributed by atoms with Crippen molar-refractivity contribution in [1.82, 2.24) is 10.3 Å². The zero-order valence-corrected chi connectivity index (χ0v) is 18.6. The molecule has 1 heterocycles. The molecule has 0 fully saturated rings. The monoisotopic (exact) mass is 432 g/mol. The van der Waals surface area contributed by atoms with Crippen LogP contribution in [-0.2, 0) is 20.7 Å². The molecule has 0 spiro atoms. The van der Waals surface area contributed by atoms with Gasteiger partial charge in [0.15, 0.2) is 6.61 Å². The number of carbonyl (C=O) groups is 3. The van der Waals surface area contributed by atoms with Crippen LogP contribution in [0.2, 0.25) is 0 Å². The Morgan fingerprint density at radius 2 is 1.81 bits per heavy atom. The normalized spacial score (nSPS) is 11.4. The van der Waals surface area contributed by atoms with E-state index in [9.17, 15) is 14.4 Å². The topological polar surface area (TPSA) is 116 Å². The van der Waals surface area contributed by atoms with E-state index >= 15 is 0 Å². The summed E-state index contributed by atoms with van der Waals surface area (Å²) in [6, 6.07) is 4.85. The van der Waals surface area contributed by atoms with Gasteiger partial charge >= 0.3 is 11.9 Å². The summed E-state index contributed by atoms with van der Waals surface area (Å²) < 4.78 is 20.5. The number of carbonyl (C=O) groups excluding carboxylic acids is 3. The predicted octanol–water partition coefficient (Wildman–Crippen LogP) is 2.72. The summed E-state index contributed by atoms with van der Waals surface area (Å²) in [4.78, 5) is 39.7. The molecule has 0 bridgehead atoms. The number of methoxy groups -OCH3 is 3. The Morgan fingerprint density at radius 1 is 1.10 bits per heavy atom. The fourth-order valence-electron chi connectivity index (χ4n) is 3.25. The third-order valence-electron chi connectivity index (χ3n) is 4.89. The summed E-state index contributed by atoms with van der Waals surface area (Å²) >= 11 is 0. The number of nitrogens with one attached hydrogen (secondary N) is 2. The average molecular weight is 432 g/mol. The molecule has 2 aromatic rings. The van der Waals surface area contributed by atoms with Crippen molar-refractivity contribution in [1.29, 1.82) is 0 Å². The minimum atomic E-state index is -0.732. The van der Waals surface area contributed by atoms with E-state index < -0.39 is 30.5 Å². The number of aromatic nitrogens is 1. The van der Waals surface area contributed by atoms with Gasteiger partial charge in [0.05, 0.1) is 32.9 Å². The standard InChI is InChI=1S/C22H28N2O7/c1-7-16-19(21(26)30-6)12(2)20(24-16)22(27)31-11-18(25)23-13(3)15-10-14(28-4)8-9-17(15)29-5/h8-10,13,24H,7,11H2,1-6H3,(H,23,25). The minimum absolute atomic E-state index is 0.118. The maximum Gasteiger partial charge on any atom is 0.355 e. The smallest absolute Gasteiger partial charge is 0.355 e. The SMILES string of the molecule is CCc1[nH]c(C(=O)OCC(=O)NC(C)c2cc(OC)ccc2OC)c(C)c1C(=O)OC. The first-order chi connectivity index (χ1) is 14.8. The number of esters is 2. The second kappa shape index (κ2) is 10.5. The molecule has 0 aliphatic carbocycles. The molecule has 2 N–H and O–H groups in total. The fraction of sp³-hybridized carbons (Fsp3) is 0.409. The molecule has 31 heavy (non-hydrogen) atoms. The van der Waals surface area contributed by atoms with Gasteiger partial charge in [0.2, 0.25) is 0 Å². The summed E-state index contributed by atoms with van der Waals surface area (Å²) in [6.07, 6.45) is 0.499. The summed E-state index contributed by atoms with van der Waals surface area (Å²) in [5.41, 5.74) is 2.13. The van der Waals surface area contributed by atoms with E-state index in [-0.39, 0.29) is 5.69 Å². The zero-order chi connectivity index (χ0) is 23.1. The molecule has 0 aliphatic rings. The van der Waals surface area contributed by atoms with Crippen LogP contribution in [-0.4, -0.2) is 50.8 Å². The van der Waals surface area contributed by atoms with Crippen molar-refractivity contribution in [3.63, 3.8) is 0 Å². The first-order valence-corrected chi connectivity index (χ1v) is 9.75. The Balaban J connectivity index is 2.06. The van der Waals surface area contributed by atoms with E-state index in [4.69, 9.17) is 18.9 Å². The van der Waals surface area contributed by atoms with Crippen LogP contribution >= 0.6 is 0 Å². The van der Waals surface area contributed by atoms with Gasteiger partial charge in [-0.1, -0.05) is 6.92 Å². The molecular formula is C22H28N2O7. The first-order valence-electron chi connectivity index (χ1n) is 9.75. The van der Waals surface area contributed by atoms with Crippen molar-refractivity contribution in [2.24, 2.45) is 0 Å². The molecule has 9 heteroatoms. The van der Waals surface area contributed by atoms with Gasteiger partial charge in [-0.05, 0) is 44.0 Å². The lowest BCUT2D eigenvalue weighted by Gasteiger charge is -2.18. The summed E-state index contributed by atoms with van der Waals surface area (Å²) in [5, 5.41) is 2.76. The van der Waals surface area contributed by atoms with Crippen molar-refractivity contribution in [2.45, 2.75) is 33.2 Å². The van der Waals surface area contributed by atoms with Crippen molar-refractivity contribution < 1.29 is 33.3 Å². The number of hydrogen-bond donors (Lipinski definition) is 2. The summed E-state index contributed by atoms with van der Waals surface area (Å²) in [5.74, 6) is -0.542. The van der Waals surface area contributed by atoms with E-state index in [0.29, 0.717) is 34.7 Å². The fourth-order valence-corrected chi connectivity index (χ4v) is 3.25. The molecule has 1 unspecified atom stereocenters. The Bertz CT molecular complexity index is 965. The quantitative estimate of drug-likeness (QED) is 0.585. The lowest BCUT2D eigenvalue weighted by Crippen LogP contribution is -2.31. The van der Waals surface area contributed by atoms with Crippen LogP contribution in [0.3, 0.4) is 0 Å². The highest BCUT2D eigenvalue weighted by molar-refractivity contribution is 5.99. The van der Waals surface area contributed by atoms with Crippen LogP contribution in [0.1, 0.15) is 57.6 Å². The van der Waals surface area contributed by atoms with Crippen molar-refractivity contribution in [3.05, 3.63) is 46.3 Å². The molecule has 168 valence electrons. The maximum absolute atomic E-state index is 12.5. The second-order valence-electron chi connectivity index (χ2n) is 6.80. The number of aromatic amines is 1. The van der Waals surface area contributed by atoms with Gasteiger partial charge in [0, 0.05) is 11.3 Å². The van der Waals surface area contributed by atoms with Crippen LogP contribution in [0, 0.1) is 6.92 Å². The number of aryl methyl sites for hydroxylation is 1. The third kappa shape index (κ3) is 5.36. The van der Waals surface area contributed by atoms with Gasteiger partial charge in [-0.3, -0.25) is 4.79 Å². The molecule has 1 amide bonds. The Morgan fingerprint density at radius 3 is 2.39 bits per heavy atom. The van der Waals surface area contributed by atoms with Crippen LogP contribution in [0.4, 0.5) is 0 Å². The molecule has 9 nitrogen and oxygen atoms in total. The minimum Gasteiger partial charge on any atom is -0.497 e. The van der Waals surface area contributed by atoms with Crippen molar-refractivity contribution in [3.8, 4) is 11.5 Å². The molecule has 1 aromatic heterocycles. The van der Waals surface area contributed by atoms with Crippen LogP contribution < -0.4 is 14.8 Å².